The molecule has 0 aliphatic rings. The van der Waals surface area contributed by atoms with Gasteiger partial charge in [-0.25, -0.2) is 4.39 Å². The molecular formula is C16H22ClFN2O2. The van der Waals surface area contributed by atoms with Crippen molar-refractivity contribution in [3.05, 3.63) is 29.0 Å². The lowest BCUT2D eigenvalue weighted by atomic mass is 10.2. The molecule has 0 spiro atoms. The molecule has 2 amide bonds. The molecule has 22 heavy (non-hydrogen) atoms. The minimum absolute atomic E-state index is 0.0981. The summed E-state index contributed by atoms with van der Waals surface area (Å²) in [4.78, 5) is 25.8. The lowest BCUT2D eigenvalue weighted by molar-refractivity contribution is -0.143. The van der Waals surface area contributed by atoms with Crippen LogP contribution >= 0.6 is 11.6 Å². The van der Waals surface area contributed by atoms with Crippen LogP contribution in [0.15, 0.2) is 18.2 Å². The Kier molecular flexibility index (Phi) is 7.88. The van der Waals surface area contributed by atoms with Crippen molar-refractivity contribution in [2.75, 3.05) is 18.4 Å². The van der Waals surface area contributed by atoms with E-state index >= 15 is 0 Å². The maximum Gasteiger partial charge on any atom is 0.313 e. The number of amides is 2. The minimum Gasteiger partial charge on any atom is -0.334 e. The molecule has 4 nitrogen and oxygen atoms in total. The first kappa shape index (κ1) is 18.4. The van der Waals surface area contributed by atoms with E-state index < -0.39 is 17.6 Å². The van der Waals surface area contributed by atoms with Crippen LogP contribution < -0.4 is 5.32 Å². The zero-order valence-corrected chi connectivity index (χ0v) is 13.8. The SMILES string of the molecule is CCCCN(CCCC)C(=O)C(=O)Nc1ccc(F)c(Cl)c1. The van der Waals surface area contributed by atoms with Gasteiger partial charge in [0.05, 0.1) is 5.02 Å². The Balaban J connectivity index is 2.70. The number of rotatable bonds is 7. The molecule has 0 atom stereocenters. The first-order chi connectivity index (χ1) is 10.5. The molecule has 1 N–H and O–H groups in total. The first-order valence-electron chi connectivity index (χ1n) is 7.54. The highest BCUT2D eigenvalue weighted by atomic mass is 35.5. The van der Waals surface area contributed by atoms with E-state index in [9.17, 15) is 14.0 Å². The summed E-state index contributed by atoms with van der Waals surface area (Å²) in [6, 6.07) is 3.80. The Hall–Kier alpha value is -1.62. The third-order valence-corrected chi connectivity index (χ3v) is 3.51. The van der Waals surface area contributed by atoms with Gasteiger partial charge in [-0.2, -0.15) is 0 Å². The summed E-state index contributed by atoms with van der Waals surface area (Å²) < 4.78 is 13.1. The van der Waals surface area contributed by atoms with E-state index in [0.717, 1.165) is 31.7 Å². The molecule has 0 radical (unpaired) electrons. The van der Waals surface area contributed by atoms with Gasteiger partial charge in [0.2, 0.25) is 0 Å². The highest BCUT2D eigenvalue weighted by Gasteiger charge is 2.21. The average Bonchev–Trinajstić information content (AvgIpc) is 2.50. The Morgan fingerprint density at radius 2 is 1.77 bits per heavy atom. The largest absolute Gasteiger partial charge is 0.334 e. The summed E-state index contributed by atoms with van der Waals surface area (Å²) in [5, 5.41) is 2.36. The fraction of sp³-hybridized carbons (Fsp3) is 0.500. The molecule has 6 heteroatoms. The number of carbonyl (C=O) groups excluding carboxylic acids is 2. The first-order valence-corrected chi connectivity index (χ1v) is 7.92. The van der Waals surface area contributed by atoms with Crippen molar-refractivity contribution in [3.63, 3.8) is 0 Å². The predicted octanol–water partition coefficient (Wildman–Crippen LogP) is 3.85. The second-order valence-corrected chi connectivity index (χ2v) is 5.49. The molecule has 0 unspecified atom stereocenters. The molecule has 122 valence electrons. The number of hydrogen-bond donors (Lipinski definition) is 1. The van der Waals surface area contributed by atoms with Crippen molar-refractivity contribution in [3.8, 4) is 0 Å². The van der Waals surface area contributed by atoms with Crippen LogP contribution in [0.4, 0.5) is 10.1 Å². The number of unbranched alkanes of at least 4 members (excludes halogenated alkanes) is 2. The van der Waals surface area contributed by atoms with Crippen LogP contribution in [-0.2, 0) is 9.59 Å². The number of carbonyl (C=O) groups is 2. The van der Waals surface area contributed by atoms with E-state index in [-0.39, 0.29) is 5.02 Å². The normalized spacial score (nSPS) is 10.4. The summed E-state index contributed by atoms with van der Waals surface area (Å²) in [5.41, 5.74) is 0.302. The van der Waals surface area contributed by atoms with Crippen molar-refractivity contribution >= 4 is 29.1 Å². The molecule has 0 fully saturated rings. The van der Waals surface area contributed by atoms with Crippen LogP contribution in [0.2, 0.25) is 5.02 Å². The van der Waals surface area contributed by atoms with Gasteiger partial charge < -0.3 is 10.2 Å². The number of hydrogen-bond acceptors (Lipinski definition) is 2. The van der Waals surface area contributed by atoms with Gasteiger partial charge in [-0.1, -0.05) is 38.3 Å². The third-order valence-electron chi connectivity index (χ3n) is 3.22. The third kappa shape index (κ3) is 5.64. The average molecular weight is 329 g/mol. The van der Waals surface area contributed by atoms with E-state index in [4.69, 9.17) is 11.6 Å². The van der Waals surface area contributed by atoms with Gasteiger partial charge in [0.25, 0.3) is 0 Å². The van der Waals surface area contributed by atoms with Gasteiger partial charge in [0.1, 0.15) is 5.82 Å². The summed E-state index contributed by atoms with van der Waals surface area (Å²) >= 11 is 5.65. The van der Waals surface area contributed by atoms with Crippen LogP contribution in [0, 0.1) is 5.82 Å². The van der Waals surface area contributed by atoms with Gasteiger partial charge >= 0.3 is 11.8 Å². The highest BCUT2D eigenvalue weighted by molar-refractivity contribution is 6.39. The fourth-order valence-electron chi connectivity index (χ4n) is 1.91. The quantitative estimate of drug-likeness (QED) is 0.773. The lowest BCUT2D eigenvalue weighted by Gasteiger charge is -2.21. The maximum atomic E-state index is 13.1. The van der Waals surface area contributed by atoms with Crippen LogP contribution in [0.5, 0.6) is 0 Å². The number of nitrogens with one attached hydrogen (secondary N) is 1. The zero-order valence-electron chi connectivity index (χ0n) is 13.0. The summed E-state index contributed by atoms with van der Waals surface area (Å²) in [7, 11) is 0. The number of benzene rings is 1. The van der Waals surface area contributed by atoms with E-state index in [1.54, 1.807) is 4.90 Å². The van der Waals surface area contributed by atoms with Crippen molar-refractivity contribution in [1.82, 2.24) is 4.90 Å². The van der Waals surface area contributed by atoms with Crippen LogP contribution in [0.1, 0.15) is 39.5 Å². The van der Waals surface area contributed by atoms with Crippen molar-refractivity contribution in [2.45, 2.75) is 39.5 Å². The van der Waals surface area contributed by atoms with Gasteiger partial charge in [0, 0.05) is 18.8 Å². The number of halogens is 2. The van der Waals surface area contributed by atoms with Crippen LogP contribution in [-0.4, -0.2) is 29.8 Å². The van der Waals surface area contributed by atoms with Gasteiger partial charge in [-0.05, 0) is 31.0 Å². The molecule has 0 saturated heterocycles. The standard InChI is InChI=1S/C16H22ClFN2O2/c1-3-5-9-20(10-6-4-2)16(22)15(21)19-12-7-8-14(18)13(17)11-12/h7-8,11H,3-6,9-10H2,1-2H3,(H,19,21). The Morgan fingerprint density at radius 1 is 1.18 bits per heavy atom. The van der Waals surface area contributed by atoms with E-state index in [2.05, 4.69) is 5.32 Å². The summed E-state index contributed by atoms with van der Waals surface area (Å²) in [5.74, 6) is -1.87. The van der Waals surface area contributed by atoms with Crippen molar-refractivity contribution < 1.29 is 14.0 Å². The van der Waals surface area contributed by atoms with Gasteiger partial charge in [-0.3, -0.25) is 9.59 Å². The second kappa shape index (κ2) is 9.41. The molecular weight excluding hydrogens is 307 g/mol. The van der Waals surface area contributed by atoms with Gasteiger partial charge in [-0.15, -0.1) is 0 Å². The van der Waals surface area contributed by atoms with E-state index in [0.29, 0.717) is 18.8 Å². The molecule has 1 aromatic rings. The number of nitrogens with zero attached hydrogens (tertiary/aromatic N) is 1. The number of anilines is 1. The molecule has 1 aromatic carbocycles. The predicted molar refractivity (Wildman–Crippen MR) is 86.4 cm³/mol. The topological polar surface area (TPSA) is 49.4 Å². The van der Waals surface area contributed by atoms with Gasteiger partial charge in [0.15, 0.2) is 0 Å². The van der Waals surface area contributed by atoms with Crippen LogP contribution in [0.3, 0.4) is 0 Å². The molecule has 0 heterocycles. The van der Waals surface area contributed by atoms with Crippen LogP contribution in [0.25, 0.3) is 0 Å². The Labute approximate surface area is 135 Å². The van der Waals surface area contributed by atoms with Crippen molar-refractivity contribution in [1.29, 1.82) is 0 Å². The molecule has 0 saturated carbocycles. The zero-order chi connectivity index (χ0) is 16.5. The maximum absolute atomic E-state index is 13.1. The molecule has 0 aliphatic carbocycles. The lowest BCUT2D eigenvalue weighted by Crippen LogP contribution is -2.40. The second-order valence-electron chi connectivity index (χ2n) is 5.08. The van der Waals surface area contributed by atoms with E-state index in [1.165, 1.54) is 12.1 Å². The molecule has 1 rings (SSSR count). The van der Waals surface area contributed by atoms with Crippen molar-refractivity contribution in [2.24, 2.45) is 0 Å². The Bertz CT molecular complexity index is 515. The monoisotopic (exact) mass is 328 g/mol. The molecule has 0 aromatic heterocycles. The molecule has 0 bridgehead atoms. The summed E-state index contributed by atoms with van der Waals surface area (Å²) in [6.07, 6.45) is 3.60. The fourth-order valence-corrected chi connectivity index (χ4v) is 2.10. The smallest absolute Gasteiger partial charge is 0.313 e. The minimum atomic E-state index is -0.727. The summed E-state index contributed by atoms with van der Waals surface area (Å²) in [6.45, 7) is 5.19. The van der Waals surface area contributed by atoms with E-state index in [1.807, 2.05) is 13.8 Å². The molecule has 0 aliphatic heterocycles. The Morgan fingerprint density at radius 3 is 2.27 bits per heavy atom. The highest BCUT2D eigenvalue weighted by Crippen LogP contribution is 2.19.